The van der Waals surface area contributed by atoms with E-state index in [1.54, 1.807) is 0 Å². The lowest BCUT2D eigenvalue weighted by molar-refractivity contribution is -0.380. The number of hydrogen-bond donors (Lipinski definition) is 0. The van der Waals surface area contributed by atoms with Crippen LogP contribution in [0.3, 0.4) is 0 Å². The van der Waals surface area contributed by atoms with E-state index < -0.39 is 5.97 Å². The molecule has 0 N–H and O–H groups in total. The largest absolute Gasteiger partial charge is 0.328 e. The van der Waals surface area contributed by atoms with E-state index in [0.717, 1.165) is 23.1 Å². The average molecular weight is 274 g/mol. The van der Waals surface area contributed by atoms with Gasteiger partial charge in [-0.3, -0.25) is 0 Å². The molecule has 0 atom stereocenters. The molecule has 0 rings (SSSR count). The molecule has 0 bridgehead atoms. The number of ether oxygens (including phenoxy) is 3. The van der Waals surface area contributed by atoms with Crippen molar-refractivity contribution in [2.75, 3.05) is 19.8 Å². The Labute approximate surface area is 115 Å². The lowest BCUT2D eigenvalue weighted by Crippen LogP contribution is -2.39. The third-order valence-electron chi connectivity index (χ3n) is 2.68. The predicted octanol–water partition coefficient (Wildman–Crippen LogP) is 2.58. The predicted molar refractivity (Wildman–Crippen MR) is 79.8 cm³/mol. The zero-order chi connectivity index (χ0) is 13.7. The van der Waals surface area contributed by atoms with Gasteiger partial charge < -0.3 is 14.2 Å². The van der Waals surface area contributed by atoms with Crippen LogP contribution in [-0.2, 0) is 14.2 Å². The molecule has 18 heavy (non-hydrogen) atoms. The molecular formula is C14H30O3Si. The summed E-state index contributed by atoms with van der Waals surface area (Å²) in [7, 11) is 1.16. The summed E-state index contributed by atoms with van der Waals surface area (Å²) >= 11 is 0. The van der Waals surface area contributed by atoms with E-state index in [4.69, 9.17) is 14.2 Å². The number of allylic oxidation sites excluding steroid dienone is 1. The van der Waals surface area contributed by atoms with Crippen LogP contribution in [0.4, 0.5) is 0 Å². The molecule has 0 aromatic rings. The molecule has 0 fully saturated rings. The van der Waals surface area contributed by atoms with Gasteiger partial charge in [-0.25, -0.2) is 0 Å². The third-order valence-corrected chi connectivity index (χ3v) is 3.15. The molecule has 0 amide bonds. The maximum atomic E-state index is 5.69. The molecule has 0 heterocycles. The van der Waals surface area contributed by atoms with Crippen LogP contribution in [0.2, 0.25) is 0 Å². The SMILES string of the molecule is CCOC(CCCCCC=C[SiH3])(OCC)OCC. The minimum Gasteiger partial charge on any atom is -0.328 e. The van der Waals surface area contributed by atoms with Gasteiger partial charge in [0.2, 0.25) is 0 Å². The standard InChI is InChI=1S/C14H30O3Si/c1-4-15-14(16-5-2,17-6-3)12-10-8-7-9-11-13-18/h11,13H,4-10,12H2,1-3,18H3. The number of unbranched alkanes of at least 4 members (excludes halogenated alkanes) is 3. The molecule has 0 aromatic heterocycles. The van der Waals surface area contributed by atoms with Crippen molar-refractivity contribution in [2.24, 2.45) is 0 Å². The van der Waals surface area contributed by atoms with Crippen LogP contribution >= 0.6 is 0 Å². The smallest absolute Gasteiger partial charge is 0.282 e. The van der Waals surface area contributed by atoms with Crippen molar-refractivity contribution < 1.29 is 14.2 Å². The Balaban J connectivity index is 4.04. The Kier molecular flexibility index (Phi) is 11.8. The van der Waals surface area contributed by atoms with E-state index in [0.29, 0.717) is 19.8 Å². The summed E-state index contributed by atoms with van der Waals surface area (Å²) in [5.74, 6) is -0.814. The third kappa shape index (κ3) is 8.03. The maximum absolute atomic E-state index is 5.69. The lowest BCUT2D eigenvalue weighted by atomic mass is 10.1. The summed E-state index contributed by atoms with van der Waals surface area (Å²) in [6.45, 7) is 7.77. The molecule has 0 aliphatic rings. The minimum absolute atomic E-state index is 0.614. The molecule has 0 aliphatic heterocycles. The molecule has 0 unspecified atom stereocenters. The monoisotopic (exact) mass is 274 g/mol. The van der Waals surface area contributed by atoms with Crippen LogP contribution in [0.5, 0.6) is 0 Å². The second-order valence-corrected chi connectivity index (χ2v) is 4.82. The first-order valence-electron chi connectivity index (χ1n) is 7.27. The molecule has 0 saturated heterocycles. The highest BCUT2D eigenvalue weighted by Crippen LogP contribution is 2.23. The summed E-state index contributed by atoms with van der Waals surface area (Å²) in [6.07, 6.45) is 7.78. The van der Waals surface area contributed by atoms with E-state index in [9.17, 15) is 0 Å². The van der Waals surface area contributed by atoms with Crippen LogP contribution in [0.25, 0.3) is 0 Å². The van der Waals surface area contributed by atoms with Gasteiger partial charge in [0.15, 0.2) is 0 Å². The topological polar surface area (TPSA) is 27.7 Å². The van der Waals surface area contributed by atoms with Gasteiger partial charge in [-0.1, -0.05) is 12.5 Å². The Morgan fingerprint density at radius 3 is 1.89 bits per heavy atom. The van der Waals surface area contributed by atoms with Gasteiger partial charge in [0.25, 0.3) is 5.97 Å². The molecule has 0 radical (unpaired) electrons. The Morgan fingerprint density at radius 2 is 1.44 bits per heavy atom. The Hall–Kier alpha value is -0.163. The van der Waals surface area contributed by atoms with Gasteiger partial charge >= 0.3 is 0 Å². The first-order valence-corrected chi connectivity index (χ1v) is 8.43. The first kappa shape index (κ1) is 17.8. The van der Waals surface area contributed by atoms with Gasteiger partial charge in [-0.05, 0) is 40.0 Å². The fourth-order valence-electron chi connectivity index (χ4n) is 1.95. The van der Waals surface area contributed by atoms with Crippen molar-refractivity contribution >= 4 is 10.2 Å². The van der Waals surface area contributed by atoms with Crippen molar-refractivity contribution in [1.29, 1.82) is 0 Å². The van der Waals surface area contributed by atoms with E-state index in [1.807, 2.05) is 20.8 Å². The second-order valence-electron chi connectivity index (χ2n) is 4.15. The Morgan fingerprint density at radius 1 is 0.889 bits per heavy atom. The van der Waals surface area contributed by atoms with Crippen molar-refractivity contribution in [2.45, 2.75) is 58.8 Å². The van der Waals surface area contributed by atoms with E-state index in [1.165, 1.54) is 19.3 Å². The normalized spacial score (nSPS) is 12.6. The highest BCUT2D eigenvalue weighted by Gasteiger charge is 2.31. The average Bonchev–Trinajstić information content (AvgIpc) is 2.35. The van der Waals surface area contributed by atoms with Crippen LogP contribution in [0.15, 0.2) is 11.8 Å². The highest BCUT2D eigenvalue weighted by atomic mass is 28.1. The summed E-state index contributed by atoms with van der Waals surface area (Å²) in [5.41, 5.74) is 2.24. The highest BCUT2D eigenvalue weighted by molar-refractivity contribution is 6.16. The summed E-state index contributed by atoms with van der Waals surface area (Å²) in [6, 6.07) is 0. The second kappa shape index (κ2) is 11.9. The van der Waals surface area contributed by atoms with Crippen LogP contribution in [0.1, 0.15) is 52.9 Å². The summed E-state index contributed by atoms with van der Waals surface area (Å²) in [5, 5.41) is 0. The number of rotatable bonds is 12. The molecule has 0 spiro atoms. The molecule has 108 valence electrons. The lowest BCUT2D eigenvalue weighted by Gasteiger charge is -2.32. The van der Waals surface area contributed by atoms with Crippen LogP contribution in [-0.4, -0.2) is 36.0 Å². The first-order chi connectivity index (χ1) is 8.74. The summed E-state index contributed by atoms with van der Waals surface area (Å²) in [4.78, 5) is 0. The summed E-state index contributed by atoms with van der Waals surface area (Å²) < 4.78 is 17.1. The zero-order valence-corrected chi connectivity index (χ0v) is 14.5. The Bertz CT molecular complexity index is 190. The van der Waals surface area contributed by atoms with Gasteiger partial charge in [-0.15, -0.1) is 5.70 Å². The zero-order valence-electron chi connectivity index (χ0n) is 12.5. The molecule has 0 aliphatic carbocycles. The van der Waals surface area contributed by atoms with Crippen molar-refractivity contribution in [3.05, 3.63) is 11.8 Å². The quantitative estimate of drug-likeness (QED) is 0.311. The van der Waals surface area contributed by atoms with Gasteiger partial charge in [0, 0.05) is 36.5 Å². The van der Waals surface area contributed by atoms with E-state index >= 15 is 0 Å². The van der Waals surface area contributed by atoms with Crippen molar-refractivity contribution in [3.8, 4) is 0 Å². The number of hydrogen-bond acceptors (Lipinski definition) is 3. The fourth-order valence-corrected chi connectivity index (χ4v) is 2.28. The molecular weight excluding hydrogens is 244 g/mol. The molecule has 3 nitrogen and oxygen atoms in total. The molecule has 4 heteroatoms. The molecule has 0 aromatic carbocycles. The van der Waals surface area contributed by atoms with Gasteiger partial charge in [0.1, 0.15) is 0 Å². The fraction of sp³-hybridized carbons (Fsp3) is 0.857. The van der Waals surface area contributed by atoms with Gasteiger partial charge in [-0.2, -0.15) is 0 Å². The molecule has 0 saturated carbocycles. The van der Waals surface area contributed by atoms with Crippen molar-refractivity contribution in [1.82, 2.24) is 0 Å². The minimum atomic E-state index is -0.814. The van der Waals surface area contributed by atoms with E-state index in [-0.39, 0.29) is 0 Å². The van der Waals surface area contributed by atoms with E-state index in [2.05, 4.69) is 11.8 Å². The van der Waals surface area contributed by atoms with Crippen LogP contribution < -0.4 is 0 Å². The van der Waals surface area contributed by atoms with Gasteiger partial charge in [0.05, 0.1) is 0 Å². The maximum Gasteiger partial charge on any atom is 0.282 e. The van der Waals surface area contributed by atoms with Crippen LogP contribution in [0, 0.1) is 0 Å². The van der Waals surface area contributed by atoms with Crippen molar-refractivity contribution in [3.63, 3.8) is 0 Å².